The maximum absolute atomic E-state index is 5.70. The average Bonchev–Trinajstić information content (AvgIpc) is 3.04. The van der Waals surface area contributed by atoms with Gasteiger partial charge in [-0.05, 0) is 56.2 Å². The average molecular weight is 289 g/mol. The van der Waals surface area contributed by atoms with Crippen molar-refractivity contribution in [2.75, 3.05) is 26.4 Å². The Morgan fingerprint density at radius 2 is 2.10 bits per heavy atom. The highest BCUT2D eigenvalue weighted by Crippen LogP contribution is 2.20. The molecule has 0 bridgehead atoms. The van der Waals surface area contributed by atoms with E-state index < -0.39 is 0 Å². The first-order valence-corrected chi connectivity index (χ1v) is 8.41. The normalized spacial score (nSPS) is 25.0. The molecule has 2 atom stereocenters. The van der Waals surface area contributed by atoms with Gasteiger partial charge < -0.3 is 14.8 Å². The molecule has 116 valence electrons. The number of ether oxygens (including phenoxy) is 2. The lowest BCUT2D eigenvalue weighted by Crippen LogP contribution is -2.35. The second kappa shape index (κ2) is 7.92. The van der Waals surface area contributed by atoms with Crippen molar-refractivity contribution in [2.24, 2.45) is 0 Å². The summed E-state index contributed by atoms with van der Waals surface area (Å²) in [6, 6.07) is 9.48. The van der Waals surface area contributed by atoms with E-state index in [9.17, 15) is 0 Å². The van der Waals surface area contributed by atoms with Crippen LogP contribution in [0.15, 0.2) is 24.3 Å². The van der Waals surface area contributed by atoms with Gasteiger partial charge in [0.05, 0.1) is 12.7 Å². The number of rotatable bonds is 7. The van der Waals surface area contributed by atoms with Crippen molar-refractivity contribution in [1.82, 2.24) is 5.32 Å². The summed E-state index contributed by atoms with van der Waals surface area (Å²) in [5.41, 5.74) is 3.06. The molecule has 1 aliphatic heterocycles. The molecule has 3 rings (SSSR count). The Hall–Kier alpha value is -0.900. The molecule has 0 saturated carbocycles. The van der Waals surface area contributed by atoms with Crippen LogP contribution in [-0.4, -0.2) is 38.5 Å². The molecule has 1 aromatic rings. The first kappa shape index (κ1) is 15.0. The Bertz CT molecular complexity index is 429. The Morgan fingerprint density at radius 1 is 1.19 bits per heavy atom. The molecular weight excluding hydrogens is 262 g/mol. The smallest absolute Gasteiger partial charge is 0.0809 e. The van der Waals surface area contributed by atoms with Crippen LogP contribution in [0.1, 0.15) is 36.8 Å². The maximum Gasteiger partial charge on any atom is 0.0809 e. The number of benzene rings is 1. The second-order valence-corrected chi connectivity index (χ2v) is 6.23. The first-order chi connectivity index (χ1) is 10.4. The van der Waals surface area contributed by atoms with Crippen molar-refractivity contribution in [3.8, 4) is 0 Å². The monoisotopic (exact) mass is 289 g/mol. The Morgan fingerprint density at radius 3 is 2.95 bits per heavy atom. The third-order valence-electron chi connectivity index (χ3n) is 4.57. The van der Waals surface area contributed by atoms with Gasteiger partial charge in [0.15, 0.2) is 0 Å². The van der Waals surface area contributed by atoms with Crippen LogP contribution in [-0.2, 0) is 22.3 Å². The molecule has 1 N–H and O–H groups in total. The standard InChI is InChI=1S/C18H27NO2/c1-2-6-16-13-17(9-8-15(16)5-1)19-10-4-11-20-14-18-7-3-12-21-18/h1-2,5-6,17-19H,3-4,7-14H2. The largest absolute Gasteiger partial charge is 0.379 e. The van der Waals surface area contributed by atoms with Crippen LogP contribution in [0.25, 0.3) is 0 Å². The van der Waals surface area contributed by atoms with Gasteiger partial charge in [-0.25, -0.2) is 0 Å². The van der Waals surface area contributed by atoms with E-state index in [1.54, 1.807) is 0 Å². The number of hydrogen-bond acceptors (Lipinski definition) is 3. The van der Waals surface area contributed by atoms with Gasteiger partial charge in [-0.3, -0.25) is 0 Å². The van der Waals surface area contributed by atoms with Crippen LogP contribution < -0.4 is 5.32 Å². The molecule has 0 aromatic heterocycles. The first-order valence-electron chi connectivity index (χ1n) is 8.41. The van der Waals surface area contributed by atoms with Gasteiger partial charge in [-0.2, -0.15) is 0 Å². The minimum absolute atomic E-state index is 0.354. The summed E-state index contributed by atoms with van der Waals surface area (Å²) in [6.07, 6.45) is 7.45. The van der Waals surface area contributed by atoms with Gasteiger partial charge in [0, 0.05) is 19.3 Å². The molecule has 1 fully saturated rings. The highest BCUT2D eigenvalue weighted by Gasteiger charge is 2.17. The molecule has 21 heavy (non-hydrogen) atoms. The van der Waals surface area contributed by atoms with E-state index in [1.807, 2.05) is 0 Å². The minimum atomic E-state index is 0.354. The summed E-state index contributed by atoms with van der Waals surface area (Å²) in [5, 5.41) is 3.68. The third kappa shape index (κ3) is 4.53. The van der Waals surface area contributed by atoms with Gasteiger partial charge >= 0.3 is 0 Å². The number of hydrogen-bond donors (Lipinski definition) is 1. The highest BCUT2D eigenvalue weighted by molar-refractivity contribution is 5.30. The molecule has 1 aromatic carbocycles. The molecule has 3 heteroatoms. The molecule has 0 spiro atoms. The third-order valence-corrected chi connectivity index (χ3v) is 4.57. The number of fused-ring (bicyclic) bond motifs is 1. The van der Waals surface area contributed by atoms with E-state index in [1.165, 1.54) is 43.2 Å². The summed E-state index contributed by atoms with van der Waals surface area (Å²) >= 11 is 0. The van der Waals surface area contributed by atoms with Crippen molar-refractivity contribution in [3.63, 3.8) is 0 Å². The second-order valence-electron chi connectivity index (χ2n) is 6.23. The summed E-state index contributed by atoms with van der Waals surface area (Å²) in [6.45, 7) is 3.59. The molecule has 3 nitrogen and oxygen atoms in total. The van der Waals surface area contributed by atoms with Crippen LogP contribution in [0.2, 0.25) is 0 Å². The van der Waals surface area contributed by atoms with E-state index >= 15 is 0 Å². The van der Waals surface area contributed by atoms with E-state index in [-0.39, 0.29) is 0 Å². The summed E-state index contributed by atoms with van der Waals surface area (Å²) < 4.78 is 11.2. The molecule has 2 aliphatic rings. The highest BCUT2D eigenvalue weighted by atomic mass is 16.5. The fourth-order valence-corrected chi connectivity index (χ4v) is 3.34. The van der Waals surface area contributed by atoms with E-state index in [0.717, 1.165) is 32.8 Å². The van der Waals surface area contributed by atoms with Crippen molar-refractivity contribution in [1.29, 1.82) is 0 Å². The fourth-order valence-electron chi connectivity index (χ4n) is 3.34. The minimum Gasteiger partial charge on any atom is -0.379 e. The number of nitrogens with one attached hydrogen (secondary N) is 1. The van der Waals surface area contributed by atoms with Crippen molar-refractivity contribution in [2.45, 2.75) is 50.7 Å². The lowest BCUT2D eigenvalue weighted by atomic mass is 9.88. The SMILES string of the molecule is c1ccc2c(c1)CCC(NCCCOCC1CCCO1)C2. The topological polar surface area (TPSA) is 30.5 Å². The molecule has 1 saturated heterocycles. The van der Waals surface area contributed by atoms with Gasteiger partial charge in [-0.15, -0.1) is 0 Å². The molecule has 0 radical (unpaired) electrons. The Balaban J connectivity index is 1.26. The fraction of sp³-hybridized carbons (Fsp3) is 0.667. The van der Waals surface area contributed by atoms with Gasteiger partial charge in [0.1, 0.15) is 0 Å². The lowest BCUT2D eigenvalue weighted by Gasteiger charge is -2.25. The quantitative estimate of drug-likeness (QED) is 0.783. The molecule has 0 amide bonds. The van der Waals surface area contributed by atoms with Crippen molar-refractivity contribution < 1.29 is 9.47 Å². The van der Waals surface area contributed by atoms with Gasteiger partial charge in [-0.1, -0.05) is 24.3 Å². The van der Waals surface area contributed by atoms with Crippen LogP contribution in [0.3, 0.4) is 0 Å². The zero-order chi connectivity index (χ0) is 14.3. The maximum atomic E-state index is 5.70. The lowest BCUT2D eigenvalue weighted by molar-refractivity contribution is 0.0165. The van der Waals surface area contributed by atoms with Crippen LogP contribution in [0.4, 0.5) is 0 Å². The van der Waals surface area contributed by atoms with E-state index in [2.05, 4.69) is 29.6 Å². The van der Waals surface area contributed by atoms with E-state index in [4.69, 9.17) is 9.47 Å². The summed E-state index contributed by atoms with van der Waals surface area (Å²) in [7, 11) is 0. The van der Waals surface area contributed by atoms with Crippen molar-refractivity contribution >= 4 is 0 Å². The molecule has 2 unspecified atom stereocenters. The van der Waals surface area contributed by atoms with Crippen LogP contribution in [0, 0.1) is 0 Å². The van der Waals surface area contributed by atoms with Crippen molar-refractivity contribution in [3.05, 3.63) is 35.4 Å². The Kier molecular flexibility index (Phi) is 5.67. The predicted molar refractivity (Wildman–Crippen MR) is 84.7 cm³/mol. The van der Waals surface area contributed by atoms with E-state index in [0.29, 0.717) is 12.1 Å². The zero-order valence-electron chi connectivity index (χ0n) is 12.9. The summed E-state index contributed by atoms with van der Waals surface area (Å²) in [4.78, 5) is 0. The zero-order valence-corrected chi connectivity index (χ0v) is 12.9. The molecule has 1 heterocycles. The van der Waals surface area contributed by atoms with Crippen LogP contribution in [0.5, 0.6) is 0 Å². The Labute approximate surface area is 128 Å². The van der Waals surface area contributed by atoms with Crippen LogP contribution >= 0.6 is 0 Å². The molecular formula is C18H27NO2. The van der Waals surface area contributed by atoms with Gasteiger partial charge in [0.2, 0.25) is 0 Å². The predicted octanol–water partition coefficient (Wildman–Crippen LogP) is 2.72. The van der Waals surface area contributed by atoms with Gasteiger partial charge in [0.25, 0.3) is 0 Å². The number of aryl methyl sites for hydroxylation is 1. The molecule has 1 aliphatic carbocycles. The summed E-state index contributed by atoms with van der Waals surface area (Å²) in [5.74, 6) is 0.